The number of nitrogens with one attached hydrogen (secondary N) is 1. The highest BCUT2D eigenvalue weighted by molar-refractivity contribution is 6.30. The lowest BCUT2D eigenvalue weighted by Gasteiger charge is -2.10. The van der Waals surface area contributed by atoms with Crippen LogP contribution in [0.15, 0.2) is 30.5 Å². The molecule has 0 unspecified atom stereocenters. The van der Waals surface area contributed by atoms with Gasteiger partial charge in [-0.05, 0) is 32.2 Å². The lowest BCUT2D eigenvalue weighted by atomic mass is 10.3. The van der Waals surface area contributed by atoms with E-state index in [9.17, 15) is 0 Å². The molecule has 3 nitrogen and oxygen atoms in total. The van der Waals surface area contributed by atoms with Crippen molar-refractivity contribution in [2.75, 3.05) is 7.05 Å². The topological polar surface area (TPSA) is 29.9 Å². The van der Waals surface area contributed by atoms with E-state index in [0.717, 1.165) is 28.8 Å². The summed E-state index contributed by atoms with van der Waals surface area (Å²) in [5.74, 6) is 0.988. The molecule has 0 spiro atoms. The SMILES string of the molecule is CNCc1ncc(C)n1-c1cccc(Cl)c1. The van der Waals surface area contributed by atoms with Gasteiger partial charge in [-0.25, -0.2) is 4.98 Å². The number of imidazole rings is 1. The third-order valence-electron chi connectivity index (χ3n) is 2.41. The second kappa shape index (κ2) is 4.68. The zero-order valence-corrected chi connectivity index (χ0v) is 10.1. The van der Waals surface area contributed by atoms with Crippen molar-refractivity contribution in [1.82, 2.24) is 14.9 Å². The normalized spacial score (nSPS) is 10.7. The molecule has 0 aliphatic rings. The first-order chi connectivity index (χ1) is 7.72. The molecule has 0 radical (unpaired) electrons. The predicted octanol–water partition coefficient (Wildman–Crippen LogP) is 2.55. The van der Waals surface area contributed by atoms with E-state index in [2.05, 4.69) is 14.9 Å². The Labute approximate surface area is 100 Å². The molecule has 0 bridgehead atoms. The van der Waals surface area contributed by atoms with E-state index in [-0.39, 0.29) is 0 Å². The Kier molecular flexibility index (Phi) is 3.27. The summed E-state index contributed by atoms with van der Waals surface area (Å²) in [4.78, 5) is 4.37. The van der Waals surface area contributed by atoms with Crippen LogP contribution in [0.1, 0.15) is 11.5 Å². The summed E-state index contributed by atoms with van der Waals surface area (Å²) in [5, 5.41) is 3.84. The van der Waals surface area contributed by atoms with Crippen LogP contribution in [0.25, 0.3) is 5.69 Å². The third-order valence-corrected chi connectivity index (χ3v) is 2.65. The molecule has 2 rings (SSSR count). The van der Waals surface area contributed by atoms with Crippen LogP contribution in [-0.2, 0) is 6.54 Å². The van der Waals surface area contributed by atoms with Gasteiger partial charge in [-0.3, -0.25) is 4.57 Å². The Morgan fingerprint density at radius 3 is 2.94 bits per heavy atom. The number of halogens is 1. The Morgan fingerprint density at radius 2 is 2.25 bits per heavy atom. The van der Waals surface area contributed by atoms with Crippen LogP contribution in [-0.4, -0.2) is 16.6 Å². The molecule has 0 aliphatic heterocycles. The van der Waals surface area contributed by atoms with Gasteiger partial charge in [-0.15, -0.1) is 0 Å². The number of aryl methyl sites for hydroxylation is 1. The van der Waals surface area contributed by atoms with Gasteiger partial charge in [0.1, 0.15) is 5.82 Å². The molecule has 84 valence electrons. The van der Waals surface area contributed by atoms with Gasteiger partial charge >= 0.3 is 0 Å². The molecule has 1 N–H and O–H groups in total. The lowest BCUT2D eigenvalue weighted by Crippen LogP contribution is -2.12. The molecule has 4 heteroatoms. The fourth-order valence-electron chi connectivity index (χ4n) is 1.74. The number of rotatable bonds is 3. The van der Waals surface area contributed by atoms with E-state index in [1.54, 1.807) is 0 Å². The Balaban J connectivity index is 2.50. The minimum Gasteiger partial charge on any atom is -0.313 e. The summed E-state index contributed by atoms with van der Waals surface area (Å²) in [7, 11) is 1.91. The van der Waals surface area contributed by atoms with Gasteiger partial charge in [-0.2, -0.15) is 0 Å². The van der Waals surface area contributed by atoms with E-state index in [1.165, 1.54) is 0 Å². The van der Waals surface area contributed by atoms with Gasteiger partial charge in [-0.1, -0.05) is 17.7 Å². The van der Waals surface area contributed by atoms with Crippen LogP contribution in [0.3, 0.4) is 0 Å². The van der Waals surface area contributed by atoms with Crippen LogP contribution in [0.4, 0.5) is 0 Å². The van der Waals surface area contributed by atoms with E-state index >= 15 is 0 Å². The maximum atomic E-state index is 5.99. The van der Waals surface area contributed by atoms with Crippen LogP contribution in [0.5, 0.6) is 0 Å². The van der Waals surface area contributed by atoms with Gasteiger partial charge < -0.3 is 5.32 Å². The number of hydrogen-bond acceptors (Lipinski definition) is 2. The smallest absolute Gasteiger partial charge is 0.127 e. The summed E-state index contributed by atoms with van der Waals surface area (Å²) in [6, 6.07) is 7.78. The van der Waals surface area contributed by atoms with Gasteiger partial charge in [0, 0.05) is 22.6 Å². The standard InChI is InChI=1S/C12H14ClN3/c1-9-7-15-12(8-14-2)16(9)11-5-3-4-10(13)6-11/h3-7,14H,8H2,1-2H3. The fraction of sp³-hybridized carbons (Fsp3) is 0.250. The predicted molar refractivity (Wildman–Crippen MR) is 66.1 cm³/mol. The van der Waals surface area contributed by atoms with Gasteiger partial charge in [0.05, 0.1) is 6.54 Å². The molecule has 1 aromatic carbocycles. The number of benzene rings is 1. The monoisotopic (exact) mass is 235 g/mol. The van der Waals surface area contributed by atoms with Crippen molar-refractivity contribution in [3.63, 3.8) is 0 Å². The first kappa shape index (κ1) is 11.2. The van der Waals surface area contributed by atoms with Crippen molar-refractivity contribution in [1.29, 1.82) is 0 Å². The fourth-order valence-corrected chi connectivity index (χ4v) is 1.92. The summed E-state index contributed by atoms with van der Waals surface area (Å²) in [6.45, 7) is 2.77. The van der Waals surface area contributed by atoms with Crippen molar-refractivity contribution < 1.29 is 0 Å². The van der Waals surface area contributed by atoms with E-state index < -0.39 is 0 Å². The molecule has 2 aromatic rings. The summed E-state index contributed by atoms with van der Waals surface area (Å²) in [5.41, 5.74) is 2.15. The average Bonchev–Trinajstić information content (AvgIpc) is 2.60. The second-order valence-corrected chi connectivity index (χ2v) is 4.10. The average molecular weight is 236 g/mol. The maximum Gasteiger partial charge on any atom is 0.127 e. The summed E-state index contributed by atoms with van der Waals surface area (Å²) >= 11 is 5.99. The Hall–Kier alpha value is -1.32. The van der Waals surface area contributed by atoms with Crippen LogP contribution < -0.4 is 5.32 Å². The zero-order chi connectivity index (χ0) is 11.5. The molecule has 16 heavy (non-hydrogen) atoms. The van der Waals surface area contributed by atoms with Crippen molar-refractivity contribution in [2.45, 2.75) is 13.5 Å². The third kappa shape index (κ3) is 2.10. The zero-order valence-electron chi connectivity index (χ0n) is 9.37. The van der Waals surface area contributed by atoms with Gasteiger partial charge in [0.15, 0.2) is 0 Å². The molecule has 1 aromatic heterocycles. The molecule has 1 heterocycles. The first-order valence-corrected chi connectivity index (χ1v) is 5.54. The minimum atomic E-state index is 0.736. The molecule has 0 fully saturated rings. The highest BCUT2D eigenvalue weighted by Crippen LogP contribution is 2.18. The molecule has 0 aliphatic carbocycles. The van der Waals surface area contributed by atoms with Crippen molar-refractivity contribution >= 4 is 11.6 Å². The Morgan fingerprint density at radius 1 is 1.44 bits per heavy atom. The van der Waals surface area contributed by atoms with Crippen molar-refractivity contribution in [3.05, 3.63) is 47.0 Å². The highest BCUT2D eigenvalue weighted by atomic mass is 35.5. The van der Waals surface area contributed by atoms with Crippen LogP contribution in [0, 0.1) is 6.92 Å². The van der Waals surface area contributed by atoms with Crippen LogP contribution in [0.2, 0.25) is 5.02 Å². The largest absolute Gasteiger partial charge is 0.313 e. The molecular weight excluding hydrogens is 222 g/mol. The number of hydrogen-bond donors (Lipinski definition) is 1. The number of aromatic nitrogens is 2. The molecule has 0 atom stereocenters. The first-order valence-electron chi connectivity index (χ1n) is 5.16. The minimum absolute atomic E-state index is 0.736. The maximum absolute atomic E-state index is 5.99. The lowest BCUT2D eigenvalue weighted by molar-refractivity contribution is 0.737. The van der Waals surface area contributed by atoms with Gasteiger partial charge in [0.2, 0.25) is 0 Å². The molecule has 0 saturated heterocycles. The summed E-state index contributed by atoms with van der Waals surface area (Å²) in [6.07, 6.45) is 1.87. The molecule has 0 amide bonds. The van der Waals surface area contributed by atoms with Crippen molar-refractivity contribution in [3.8, 4) is 5.69 Å². The number of nitrogens with zero attached hydrogens (tertiary/aromatic N) is 2. The quantitative estimate of drug-likeness (QED) is 0.886. The highest BCUT2D eigenvalue weighted by Gasteiger charge is 2.08. The van der Waals surface area contributed by atoms with E-state index in [1.807, 2.05) is 44.4 Å². The van der Waals surface area contributed by atoms with Crippen molar-refractivity contribution in [2.24, 2.45) is 0 Å². The second-order valence-electron chi connectivity index (χ2n) is 3.66. The molecule has 0 saturated carbocycles. The van der Waals surface area contributed by atoms with E-state index in [4.69, 9.17) is 11.6 Å². The Bertz CT molecular complexity index is 491. The summed E-state index contributed by atoms with van der Waals surface area (Å²) < 4.78 is 2.10. The molecular formula is C12H14ClN3. The van der Waals surface area contributed by atoms with Crippen LogP contribution >= 0.6 is 11.6 Å². The van der Waals surface area contributed by atoms with E-state index in [0.29, 0.717) is 0 Å². The van der Waals surface area contributed by atoms with Gasteiger partial charge in [0.25, 0.3) is 0 Å².